The van der Waals surface area contributed by atoms with Crippen molar-refractivity contribution in [1.29, 1.82) is 10.5 Å². The minimum atomic E-state index is -0.516. The van der Waals surface area contributed by atoms with Gasteiger partial charge < -0.3 is 10.1 Å². The molecule has 0 saturated heterocycles. The van der Waals surface area contributed by atoms with Gasteiger partial charge in [-0.25, -0.2) is 9.37 Å². The van der Waals surface area contributed by atoms with E-state index < -0.39 is 5.82 Å². The molecule has 144 valence electrons. The molecule has 1 aromatic carbocycles. The minimum absolute atomic E-state index is 0.0389. The van der Waals surface area contributed by atoms with Crippen molar-refractivity contribution in [1.82, 2.24) is 9.88 Å². The molecule has 0 unspecified atom stereocenters. The first-order valence-corrected chi connectivity index (χ1v) is 9.20. The third kappa shape index (κ3) is 4.23. The molecule has 28 heavy (non-hydrogen) atoms. The van der Waals surface area contributed by atoms with Gasteiger partial charge in [0, 0.05) is 38.9 Å². The quantitative estimate of drug-likeness (QED) is 0.593. The predicted molar refractivity (Wildman–Crippen MR) is 103 cm³/mol. The molecular formula is C20H19ClFN5O. The van der Waals surface area contributed by atoms with Gasteiger partial charge in [-0.15, -0.1) is 0 Å². The molecular weight excluding hydrogens is 381 g/mol. The van der Waals surface area contributed by atoms with Crippen LogP contribution in [-0.2, 0) is 24.2 Å². The molecule has 0 atom stereocenters. The van der Waals surface area contributed by atoms with Crippen molar-refractivity contribution in [2.24, 2.45) is 0 Å². The number of hydrogen-bond donors (Lipinski definition) is 1. The van der Waals surface area contributed by atoms with Crippen LogP contribution in [0.2, 0.25) is 5.15 Å². The lowest BCUT2D eigenvalue weighted by atomic mass is 9.96. The molecule has 3 rings (SSSR count). The molecule has 0 spiro atoms. The maximum absolute atomic E-state index is 13.6. The topological polar surface area (TPSA) is 85.0 Å². The summed E-state index contributed by atoms with van der Waals surface area (Å²) in [6.07, 6.45) is 0.658. The summed E-state index contributed by atoms with van der Waals surface area (Å²) in [7, 11) is 1.62. The normalized spacial score (nSPS) is 13.5. The smallest absolute Gasteiger partial charge is 0.149 e. The van der Waals surface area contributed by atoms with E-state index in [1.165, 1.54) is 6.07 Å². The van der Waals surface area contributed by atoms with E-state index in [0.29, 0.717) is 44.0 Å². The zero-order valence-corrected chi connectivity index (χ0v) is 16.2. The van der Waals surface area contributed by atoms with Crippen LogP contribution in [0.25, 0.3) is 0 Å². The summed E-state index contributed by atoms with van der Waals surface area (Å²) >= 11 is 6.21. The Kier molecular flexibility index (Phi) is 6.43. The van der Waals surface area contributed by atoms with Crippen molar-refractivity contribution < 1.29 is 9.13 Å². The average Bonchev–Trinajstić information content (AvgIpc) is 2.70. The molecule has 1 aliphatic heterocycles. The molecule has 0 saturated carbocycles. The van der Waals surface area contributed by atoms with E-state index in [1.54, 1.807) is 19.2 Å². The van der Waals surface area contributed by atoms with Crippen LogP contribution < -0.4 is 5.32 Å². The Bertz CT molecular complexity index is 967. The largest absolute Gasteiger partial charge is 0.383 e. The Labute approximate surface area is 168 Å². The fourth-order valence-electron chi connectivity index (χ4n) is 3.34. The highest BCUT2D eigenvalue weighted by atomic mass is 35.5. The third-order valence-electron chi connectivity index (χ3n) is 4.70. The number of nitrogens with zero attached hydrogens (tertiary/aromatic N) is 4. The highest BCUT2D eigenvalue weighted by molar-refractivity contribution is 6.30. The first-order valence-electron chi connectivity index (χ1n) is 8.82. The monoisotopic (exact) mass is 399 g/mol. The van der Waals surface area contributed by atoms with Gasteiger partial charge in [-0.05, 0) is 29.7 Å². The summed E-state index contributed by atoms with van der Waals surface area (Å²) in [6, 6.07) is 8.61. The number of nitrogens with one attached hydrogen (secondary N) is 1. The van der Waals surface area contributed by atoms with E-state index in [2.05, 4.69) is 21.3 Å². The first kappa shape index (κ1) is 20.0. The second kappa shape index (κ2) is 8.99. The number of nitriles is 2. The number of halogens is 2. The van der Waals surface area contributed by atoms with Crippen molar-refractivity contribution in [2.75, 3.05) is 32.1 Å². The molecule has 0 fully saturated rings. The molecule has 0 radical (unpaired) electrons. The standard InChI is InChI=1S/C20H19ClFN5O/c1-28-7-5-25-20-17-12-27(6-4-15(17)16(10-24)19(21)26-20)11-13-2-3-18(22)14(8-13)9-23/h2-3,8H,4-7,11-12H2,1H3,(H,25,26). The maximum atomic E-state index is 13.6. The second-order valence-electron chi connectivity index (χ2n) is 6.50. The fourth-order valence-corrected chi connectivity index (χ4v) is 3.58. The third-order valence-corrected chi connectivity index (χ3v) is 4.97. The number of benzene rings is 1. The first-order chi connectivity index (χ1) is 13.6. The highest BCUT2D eigenvalue weighted by Gasteiger charge is 2.25. The van der Waals surface area contributed by atoms with Gasteiger partial charge in [-0.2, -0.15) is 10.5 Å². The number of ether oxygens (including phenoxy) is 1. The van der Waals surface area contributed by atoms with Gasteiger partial charge in [-0.1, -0.05) is 17.7 Å². The lowest BCUT2D eigenvalue weighted by Gasteiger charge is -2.31. The van der Waals surface area contributed by atoms with Gasteiger partial charge in [0.1, 0.15) is 28.9 Å². The van der Waals surface area contributed by atoms with Crippen LogP contribution in [-0.4, -0.2) is 36.7 Å². The van der Waals surface area contributed by atoms with E-state index >= 15 is 0 Å². The molecule has 2 heterocycles. The van der Waals surface area contributed by atoms with E-state index in [-0.39, 0.29) is 10.7 Å². The Morgan fingerprint density at radius 1 is 1.32 bits per heavy atom. The minimum Gasteiger partial charge on any atom is -0.383 e. The molecule has 0 aliphatic carbocycles. The summed E-state index contributed by atoms with van der Waals surface area (Å²) in [6.45, 7) is 2.95. The number of rotatable bonds is 6. The van der Waals surface area contributed by atoms with Crippen molar-refractivity contribution in [3.8, 4) is 12.1 Å². The Morgan fingerprint density at radius 2 is 2.14 bits per heavy atom. The van der Waals surface area contributed by atoms with Crippen LogP contribution in [0.5, 0.6) is 0 Å². The van der Waals surface area contributed by atoms with Crippen molar-refractivity contribution >= 4 is 17.4 Å². The van der Waals surface area contributed by atoms with Gasteiger partial charge in [-0.3, -0.25) is 4.90 Å². The van der Waals surface area contributed by atoms with Gasteiger partial charge in [0.05, 0.1) is 17.7 Å². The predicted octanol–water partition coefficient (Wildman–Crippen LogP) is 3.23. The summed E-state index contributed by atoms with van der Waals surface area (Å²) in [5.41, 5.74) is 3.17. The van der Waals surface area contributed by atoms with E-state index in [0.717, 1.165) is 23.2 Å². The number of hydrogen-bond acceptors (Lipinski definition) is 6. The van der Waals surface area contributed by atoms with Gasteiger partial charge in [0.25, 0.3) is 0 Å². The van der Waals surface area contributed by atoms with Crippen LogP contribution in [0, 0.1) is 28.5 Å². The maximum Gasteiger partial charge on any atom is 0.149 e. The number of anilines is 1. The fraction of sp³-hybridized carbons (Fsp3) is 0.350. The zero-order chi connectivity index (χ0) is 20.1. The summed E-state index contributed by atoms with van der Waals surface area (Å²) < 4.78 is 18.6. The molecule has 2 aromatic rings. The molecule has 1 N–H and O–H groups in total. The van der Waals surface area contributed by atoms with Crippen LogP contribution in [0.3, 0.4) is 0 Å². The second-order valence-corrected chi connectivity index (χ2v) is 6.86. The van der Waals surface area contributed by atoms with Crippen LogP contribution in [0.15, 0.2) is 18.2 Å². The molecule has 8 heteroatoms. The number of pyridine rings is 1. The molecule has 0 amide bonds. The zero-order valence-electron chi connectivity index (χ0n) is 15.4. The summed E-state index contributed by atoms with van der Waals surface area (Å²) in [4.78, 5) is 6.54. The number of fused-ring (bicyclic) bond motifs is 1. The number of methoxy groups -OCH3 is 1. The van der Waals surface area contributed by atoms with Crippen molar-refractivity contribution in [3.63, 3.8) is 0 Å². The Hall–Kier alpha value is -2.71. The molecule has 0 bridgehead atoms. The SMILES string of the molecule is COCCNc1nc(Cl)c(C#N)c2c1CN(Cc1ccc(F)c(C#N)c1)CC2. The highest BCUT2D eigenvalue weighted by Crippen LogP contribution is 2.32. The molecule has 1 aliphatic rings. The number of aromatic nitrogens is 1. The van der Waals surface area contributed by atoms with Crippen LogP contribution in [0.1, 0.15) is 27.8 Å². The van der Waals surface area contributed by atoms with E-state index in [1.807, 2.05) is 6.07 Å². The summed E-state index contributed by atoms with van der Waals surface area (Å²) in [5, 5.41) is 21.9. The average molecular weight is 400 g/mol. The van der Waals surface area contributed by atoms with Crippen LogP contribution in [0.4, 0.5) is 10.2 Å². The Balaban J connectivity index is 1.86. The Morgan fingerprint density at radius 3 is 2.86 bits per heavy atom. The van der Waals surface area contributed by atoms with Crippen LogP contribution >= 0.6 is 11.6 Å². The van der Waals surface area contributed by atoms with E-state index in [4.69, 9.17) is 21.6 Å². The molecule has 6 nitrogen and oxygen atoms in total. The summed E-state index contributed by atoms with van der Waals surface area (Å²) in [5.74, 6) is 0.134. The van der Waals surface area contributed by atoms with Gasteiger partial charge in [0.15, 0.2) is 0 Å². The lowest BCUT2D eigenvalue weighted by molar-refractivity contribution is 0.210. The lowest BCUT2D eigenvalue weighted by Crippen LogP contribution is -2.32. The van der Waals surface area contributed by atoms with Gasteiger partial charge >= 0.3 is 0 Å². The van der Waals surface area contributed by atoms with Crippen molar-refractivity contribution in [3.05, 3.63) is 57.0 Å². The molecule has 1 aromatic heterocycles. The van der Waals surface area contributed by atoms with Gasteiger partial charge in [0.2, 0.25) is 0 Å². The van der Waals surface area contributed by atoms with Crippen molar-refractivity contribution in [2.45, 2.75) is 19.5 Å². The van der Waals surface area contributed by atoms with E-state index in [9.17, 15) is 9.65 Å².